The van der Waals surface area contributed by atoms with Crippen molar-refractivity contribution in [1.29, 1.82) is 0 Å². The van der Waals surface area contributed by atoms with E-state index in [9.17, 15) is 0 Å². The van der Waals surface area contributed by atoms with Crippen molar-refractivity contribution >= 4 is 56.3 Å². The average Bonchev–Trinajstić information content (AvgIpc) is 3.49. The smallest absolute Gasteiger partial charge is 0.252 e. The molecule has 1 aliphatic carbocycles. The zero-order chi connectivity index (χ0) is 41.5. The topological polar surface area (TPSA) is 8.17 Å². The zero-order valence-corrected chi connectivity index (χ0v) is 37.7. The van der Waals surface area contributed by atoms with Gasteiger partial charge in [0, 0.05) is 44.5 Å². The monoisotopic (exact) mass is 763 g/mol. The van der Waals surface area contributed by atoms with Gasteiger partial charge in [0.2, 0.25) is 0 Å². The molecule has 0 radical (unpaired) electrons. The van der Waals surface area contributed by atoms with Gasteiger partial charge in [-0.1, -0.05) is 163 Å². The Morgan fingerprint density at radius 1 is 0.466 bits per heavy atom. The Labute approximate surface area is 349 Å². The number of nitrogens with zero attached hydrogens (tertiary/aromatic N) is 2. The van der Waals surface area contributed by atoms with Crippen LogP contribution in [0.25, 0.3) is 27.5 Å². The Kier molecular flexibility index (Phi) is 8.43. The molecule has 0 fully saturated rings. The first-order valence-electron chi connectivity index (χ1n) is 21.8. The van der Waals surface area contributed by atoms with Crippen molar-refractivity contribution in [3.05, 3.63) is 142 Å². The van der Waals surface area contributed by atoms with E-state index >= 15 is 0 Å². The summed E-state index contributed by atoms with van der Waals surface area (Å²) in [6.45, 7) is 33.2. The number of anilines is 2. The van der Waals surface area contributed by atoms with E-state index in [0.29, 0.717) is 0 Å². The molecule has 6 aromatic rings. The maximum Gasteiger partial charge on any atom is 0.252 e. The van der Waals surface area contributed by atoms with Crippen molar-refractivity contribution in [3.8, 4) is 5.69 Å². The fourth-order valence-electron chi connectivity index (χ4n) is 10.0. The first-order chi connectivity index (χ1) is 27.0. The van der Waals surface area contributed by atoms with E-state index in [2.05, 4.69) is 210 Å². The molecule has 3 heterocycles. The van der Waals surface area contributed by atoms with Crippen molar-refractivity contribution in [1.82, 2.24) is 4.57 Å². The molecular weight excluding hydrogens is 699 g/mol. The molecule has 2 aliphatic heterocycles. The van der Waals surface area contributed by atoms with Crippen molar-refractivity contribution < 1.29 is 0 Å². The summed E-state index contributed by atoms with van der Waals surface area (Å²) in [6, 6.07) is 36.1. The van der Waals surface area contributed by atoms with Crippen LogP contribution in [-0.4, -0.2) is 11.3 Å². The quantitative estimate of drug-likeness (QED) is 0.163. The molecule has 5 aromatic carbocycles. The van der Waals surface area contributed by atoms with Gasteiger partial charge in [-0.15, -0.1) is 0 Å². The van der Waals surface area contributed by atoms with Crippen LogP contribution in [0.3, 0.4) is 0 Å². The lowest BCUT2D eigenvalue weighted by atomic mass is 9.33. The van der Waals surface area contributed by atoms with E-state index in [4.69, 9.17) is 0 Å². The van der Waals surface area contributed by atoms with Crippen LogP contribution >= 0.6 is 0 Å². The number of hydrogen-bond acceptors (Lipinski definition) is 1. The van der Waals surface area contributed by atoms with Gasteiger partial charge in [-0.3, -0.25) is 0 Å². The molecule has 0 spiro atoms. The Hall–Kier alpha value is -4.76. The van der Waals surface area contributed by atoms with E-state index in [1.54, 1.807) is 0 Å². The standard InChI is InChI=1S/C55H63BN2/c1-51(2,3)34-20-24-40(25-21-34)57-46-27-23-37(53(7,8)9)30-43(46)56-44-31-38(54(10,11)12)29-42-41-28-36(52(4,5)6)22-26-45(41)58(50(42)44)48-33-39(32-47(57)49(48)56)55(13,14)35-18-16-15-17-19-35/h15-20,22-24,26-33H,21,25H2,1-14H3. The third-order valence-electron chi connectivity index (χ3n) is 13.9. The molecule has 0 N–H and O–H groups in total. The molecule has 58 heavy (non-hydrogen) atoms. The van der Waals surface area contributed by atoms with E-state index in [-0.39, 0.29) is 33.8 Å². The fourth-order valence-corrected chi connectivity index (χ4v) is 10.0. The Morgan fingerprint density at radius 2 is 1.07 bits per heavy atom. The third-order valence-corrected chi connectivity index (χ3v) is 13.9. The third kappa shape index (κ3) is 5.97. The summed E-state index contributed by atoms with van der Waals surface area (Å²) >= 11 is 0. The highest BCUT2D eigenvalue weighted by molar-refractivity contribution is 7.00. The van der Waals surface area contributed by atoms with Crippen LogP contribution in [0.4, 0.5) is 11.4 Å². The van der Waals surface area contributed by atoms with Crippen molar-refractivity contribution in [2.24, 2.45) is 5.41 Å². The molecule has 296 valence electrons. The minimum absolute atomic E-state index is 0.0104. The number of hydrogen-bond donors (Lipinski definition) is 0. The minimum Gasteiger partial charge on any atom is -0.315 e. The predicted molar refractivity (Wildman–Crippen MR) is 254 cm³/mol. The molecule has 0 bridgehead atoms. The van der Waals surface area contributed by atoms with Gasteiger partial charge in [-0.05, 0) is 121 Å². The maximum absolute atomic E-state index is 2.68. The molecule has 0 amide bonds. The highest BCUT2D eigenvalue weighted by Crippen LogP contribution is 2.46. The molecule has 3 heteroatoms. The van der Waals surface area contributed by atoms with E-state index in [1.807, 2.05) is 0 Å². The summed E-state index contributed by atoms with van der Waals surface area (Å²) in [4.78, 5) is 2.68. The number of allylic oxidation sites excluding steroid dienone is 4. The number of benzene rings is 5. The summed E-state index contributed by atoms with van der Waals surface area (Å²) in [6.07, 6.45) is 6.95. The molecule has 1 aromatic heterocycles. The fraction of sp³-hybridized carbons (Fsp3) is 0.382. The van der Waals surface area contributed by atoms with Gasteiger partial charge >= 0.3 is 0 Å². The minimum atomic E-state index is -0.234. The molecule has 2 nitrogen and oxygen atoms in total. The van der Waals surface area contributed by atoms with Crippen molar-refractivity contribution in [2.45, 2.75) is 131 Å². The average molecular weight is 763 g/mol. The highest BCUT2D eigenvalue weighted by atomic mass is 15.2. The highest BCUT2D eigenvalue weighted by Gasteiger charge is 2.45. The van der Waals surface area contributed by atoms with E-state index < -0.39 is 0 Å². The number of fused-ring (bicyclic) bond motifs is 7. The summed E-state index contributed by atoms with van der Waals surface area (Å²) in [5.74, 6) is 0. The van der Waals surface area contributed by atoms with Crippen molar-refractivity contribution in [2.75, 3.05) is 4.90 Å². The van der Waals surface area contributed by atoms with E-state index in [0.717, 1.165) is 12.8 Å². The summed E-state index contributed by atoms with van der Waals surface area (Å²) in [5, 5.41) is 2.72. The second kappa shape index (κ2) is 12.6. The normalized spacial score (nSPS) is 15.8. The number of aromatic nitrogens is 1. The number of rotatable bonds is 3. The van der Waals surface area contributed by atoms with Crippen LogP contribution < -0.4 is 21.3 Å². The Balaban J connectivity index is 1.47. The van der Waals surface area contributed by atoms with Crippen LogP contribution in [0.2, 0.25) is 0 Å². The molecule has 9 rings (SSSR count). The van der Waals surface area contributed by atoms with Gasteiger partial charge in [0.25, 0.3) is 6.71 Å². The second-order valence-corrected chi connectivity index (χ2v) is 22.3. The Morgan fingerprint density at radius 3 is 1.69 bits per heavy atom. The molecule has 0 unspecified atom stereocenters. The van der Waals surface area contributed by atoms with Crippen LogP contribution in [0.15, 0.2) is 114 Å². The van der Waals surface area contributed by atoms with Crippen LogP contribution in [0.5, 0.6) is 0 Å². The lowest BCUT2D eigenvalue weighted by Gasteiger charge is -2.44. The molecule has 0 saturated carbocycles. The predicted octanol–water partition coefficient (Wildman–Crippen LogP) is 12.9. The zero-order valence-electron chi connectivity index (χ0n) is 37.7. The van der Waals surface area contributed by atoms with Gasteiger partial charge in [0.15, 0.2) is 0 Å². The first-order valence-corrected chi connectivity index (χ1v) is 21.8. The molecule has 0 saturated heterocycles. The van der Waals surface area contributed by atoms with E-state index in [1.165, 1.54) is 94.3 Å². The Bertz CT molecular complexity index is 2720. The van der Waals surface area contributed by atoms with Crippen LogP contribution in [-0.2, 0) is 21.7 Å². The molecule has 0 atom stereocenters. The summed E-state index contributed by atoms with van der Waals surface area (Å²) in [5.41, 5.74) is 20.6. The first kappa shape index (κ1) is 38.7. The van der Waals surface area contributed by atoms with Crippen LogP contribution in [0.1, 0.15) is 138 Å². The molecule has 3 aliphatic rings. The van der Waals surface area contributed by atoms with Crippen molar-refractivity contribution in [3.63, 3.8) is 0 Å². The SMILES string of the molecule is CC(C)(C)C1=CC=C(N2c3ccc(C(C)(C)C)cc3B3c4c2cc(C(C)(C)c2ccccc2)cc4-n2c4ccc(C(C)(C)C)cc4c4cc(C(C)(C)C)cc3c42)CC1. The van der Waals surface area contributed by atoms with Gasteiger partial charge in [-0.25, -0.2) is 0 Å². The van der Waals surface area contributed by atoms with Gasteiger partial charge < -0.3 is 9.47 Å². The lowest BCUT2D eigenvalue weighted by molar-refractivity contribution is 0.479. The van der Waals surface area contributed by atoms with Gasteiger partial charge in [0.1, 0.15) is 0 Å². The van der Waals surface area contributed by atoms with Gasteiger partial charge in [-0.2, -0.15) is 0 Å². The van der Waals surface area contributed by atoms with Gasteiger partial charge in [0.05, 0.1) is 5.52 Å². The summed E-state index contributed by atoms with van der Waals surface area (Å²) in [7, 11) is 0. The second-order valence-electron chi connectivity index (χ2n) is 22.3. The maximum atomic E-state index is 2.68. The summed E-state index contributed by atoms with van der Waals surface area (Å²) < 4.78 is 2.67. The molecular formula is C55H63BN2. The largest absolute Gasteiger partial charge is 0.315 e. The lowest BCUT2D eigenvalue weighted by Crippen LogP contribution is -2.61. The van der Waals surface area contributed by atoms with Crippen LogP contribution in [0, 0.1) is 5.41 Å².